The molecule has 3 aromatic rings. The number of ether oxygens (including phenoxy) is 2. The molecule has 0 unspecified atom stereocenters. The van der Waals surface area contributed by atoms with Gasteiger partial charge in [-0.25, -0.2) is 0 Å². The maximum Gasteiger partial charge on any atom is 0.256 e. The molecule has 1 amide bonds. The SMILES string of the molecule is COc1cc(C)[nH]c(=O)c1CNC(=O)c1c(C)n(CC2CCN(CC3(C)COC3)CC2)c2ccccc12. The van der Waals surface area contributed by atoms with Gasteiger partial charge in [0.2, 0.25) is 0 Å². The fourth-order valence-electron chi connectivity index (χ4n) is 5.91. The zero-order valence-corrected chi connectivity index (χ0v) is 22.4. The van der Waals surface area contributed by atoms with E-state index >= 15 is 0 Å². The summed E-state index contributed by atoms with van der Waals surface area (Å²) in [5, 5.41) is 3.91. The summed E-state index contributed by atoms with van der Waals surface area (Å²) in [5.41, 5.74) is 3.91. The van der Waals surface area contributed by atoms with E-state index in [1.54, 1.807) is 13.0 Å². The van der Waals surface area contributed by atoms with Crippen molar-refractivity contribution < 1.29 is 14.3 Å². The van der Waals surface area contributed by atoms with Crippen LogP contribution in [0.4, 0.5) is 0 Å². The highest BCUT2D eigenvalue weighted by molar-refractivity contribution is 6.08. The number of carbonyl (C=O) groups excluding carboxylic acids is 1. The Morgan fingerprint density at radius 2 is 1.95 bits per heavy atom. The van der Waals surface area contributed by atoms with Gasteiger partial charge in [-0.2, -0.15) is 0 Å². The van der Waals surface area contributed by atoms with Crippen LogP contribution in [0.15, 0.2) is 35.1 Å². The number of rotatable bonds is 8. The van der Waals surface area contributed by atoms with Gasteiger partial charge in [-0.1, -0.05) is 25.1 Å². The summed E-state index contributed by atoms with van der Waals surface area (Å²) < 4.78 is 13.1. The smallest absolute Gasteiger partial charge is 0.256 e. The quantitative estimate of drug-likeness (QED) is 0.487. The van der Waals surface area contributed by atoms with E-state index in [0.29, 0.717) is 33.9 Å². The van der Waals surface area contributed by atoms with E-state index < -0.39 is 0 Å². The van der Waals surface area contributed by atoms with E-state index in [1.807, 2.05) is 25.1 Å². The Labute approximate surface area is 217 Å². The van der Waals surface area contributed by atoms with Crippen molar-refractivity contribution >= 4 is 16.8 Å². The molecule has 0 spiro atoms. The van der Waals surface area contributed by atoms with Gasteiger partial charge in [0.05, 0.1) is 38.0 Å². The number of benzene rings is 1. The van der Waals surface area contributed by atoms with E-state index in [-0.39, 0.29) is 18.0 Å². The van der Waals surface area contributed by atoms with E-state index in [1.165, 1.54) is 7.11 Å². The average Bonchev–Trinajstić information content (AvgIpc) is 3.14. The number of amides is 1. The number of hydrogen-bond donors (Lipinski definition) is 2. The van der Waals surface area contributed by atoms with Gasteiger partial charge in [-0.3, -0.25) is 9.59 Å². The number of methoxy groups -OCH3 is 1. The zero-order chi connectivity index (χ0) is 26.2. The molecule has 8 heteroatoms. The van der Waals surface area contributed by atoms with Crippen LogP contribution in [-0.4, -0.2) is 60.3 Å². The van der Waals surface area contributed by atoms with E-state index in [2.05, 4.69) is 32.8 Å². The minimum atomic E-state index is -0.249. The Kier molecular flexibility index (Phi) is 7.14. The standard InChI is InChI=1S/C29H38N4O4/c1-19-13-25(36-4)23(27(34)31-19)14-30-28(35)26-20(2)33(24-8-6-5-7-22(24)26)15-21-9-11-32(12-10-21)16-29(3)17-37-18-29/h5-8,13,21H,9-12,14-18H2,1-4H3,(H,30,35)(H,31,34). The first-order chi connectivity index (χ1) is 17.8. The van der Waals surface area contributed by atoms with Crippen LogP contribution < -0.4 is 15.6 Å². The lowest BCUT2D eigenvalue weighted by Gasteiger charge is -2.43. The molecule has 2 saturated heterocycles. The molecule has 2 N–H and O–H groups in total. The Bertz CT molecular complexity index is 1350. The number of fused-ring (bicyclic) bond motifs is 1. The van der Waals surface area contributed by atoms with Gasteiger partial charge >= 0.3 is 0 Å². The predicted molar refractivity (Wildman–Crippen MR) is 144 cm³/mol. The van der Waals surface area contributed by atoms with Crippen molar-refractivity contribution in [3.63, 3.8) is 0 Å². The molecule has 2 aliphatic rings. The number of hydrogen-bond acceptors (Lipinski definition) is 5. The third kappa shape index (κ3) is 5.18. The van der Waals surface area contributed by atoms with Crippen molar-refractivity contribution in [3.05, 3.63) is 63.2 Å². The first-order valence-corrected chi connectivity index (χ1v) is 13.2. The number of aromatic nitrogens is 2. The minimum absolute atomic E-state index is 0.0962. The van der Waals surface area contributed by atoms with Crippen LogP contribution in [-0.2, 0) is 17.8 Å². The molecule has 1 aromatic carbocycles. The fourth-order valence-corrected chi connectivity index (χ4v) is 5.91. The maximum absolute atomic E-state index is 13.5. The van der Waals surface area contributed by atoms with Crippen molar-refractivity contribution in [1.29, 1.82) is 0 Å². The van der Waals surface area contributed by atoms with E-state index in [4.69, 9.17) is 9.47 Å². The molecule has 5 rings (SSSR count). The molecule has 37 heavy (non-hydrogen) atoms. The number of carbonyl (C=O) groups is 1. The molecule has 2 aliphatic heterocycles. The zero-order valence-electron chi connectivity index (χ0n) is 22.4. The van der Waals surface area contributed by atoms with Crippen molar-refractivity contribution in [2.24, 2.45) is 11.3 Å². The van der Waals surface area contributed by atoms with Gasteiger partial charge in [0.25, 0.3) is 11.5 Å². The molecular formula is C29H38N4O4. The maximum atomic E-state index is 13.5. The number of pyridine rings is 1. The Balaban J connectivity index is 1.31. The highest BCUT2D eigenvalue weighted by Gasteiger charge is 2.36. The molecule has 0 saturated carbocycles. The summed E-state index contributed by atoms with van der Waals surface area (Å²) in [6, 6.07) is 9.88. The second-order valence-electron chi connectivity index (χ2n) is 11.1. The average molecular weight is 507 g/mol. The van der Waals surface area contributed by atoms with Gasteiger partial charge in [-0.15, -0.1) is 0 Å². The van der Waals surface area contributed by atoms with Crippen LogP contribution >= 0.6 is 0 Å². The Morgan fingerprint density at radius 3 is 2.62 bits per heavy atom. The van der Waals surface area contributed by atoms with Crippen molar-refractivity contribution in [3.8, 4) is 5.75 Å². The van der Waals surface area contributed by atoms with E-state index in [9.17, 15) is 9.59 Å². The van der Waals surface area contributed by atoms with Gasteiger partial charge in [0.1, 0.15) is 5.75 Å². The van der Waals surface area contributed by atoms with E-state index in [0.717, 1.165) is 68.8 Å². The third-order valence-corrected chi connectivity index (χ3v) is 7.99. The largest absolute Gasteiger partial charge is 0.496 e. The monoisotopic (exact) mass is 506 g/mol. The lowest BCUT2D eigenvalue weighted by Crippen LogP contribution is -2.50. The highest BCUT2D eigenvalue weighted by Crippen LogP contribution is 2.32. The molecule has 2 aromatic heterocycles. The van der Waals surface area contributed by atoms with Crippen molar-refractivity contribution in [2.75, 3.05) is 40.0 Å². The van der Waals surface area contributed by atoms with Crippen LogP contribution in [0.3, 0.4) is 0 Å². The fraction of sp³-hybridized carbons (Fsp3) is 0.517. The van der Waals surface area contributed by atoms with Gasteiger partial charge in [-0.05, 0) is 57.8 Å². The topological polar surface area (TPSA) is 88.6 Å². The van der Waals surface area contributed by atoms with Crippen LogP contribution in [0.25, 0.3) is 10.9 Å². The molecule has 4 heterocycles. The Hall–Kier alpha value is -3.10. The molecule has 0 atom stereocenters. The minimum Gasteiger partial charge on any atom is -0.496 e. The third-order valence-electron chi connectivity index (χ3n) is 7.99. The first-order valence-electron chi connectivity index (χ1n) is 13.2. The predicted octanol–water partition coefficient (Wildman–Crippen LogP) is 3.63. The number of likely N-dealkylation sites (tertiary alicyclic amines) is 1. The second kappa shape index (κ2) is 10.3. The van der Waals surface area contributed by atoms with Gasteiger partial charge in [0, 0.05) is 40.8 Å². The number of para-hydroxylation sites is 1. The number of nitrogens with one attached hydrogen (secondary N) is 2. The van der Waals surface area contributed by atoms with Crippen LogP contribution in [0.5, 0.6) is 5.75 Å². The number of aryl methyl sites for hydroxylation is 1. The van der Waals surface area contributed by atoms with Gasteiger partial charge in [0.15, 0.2) is 0 Å². The first kappa shape index (κ1) is 25.5. The van der Waals surface area contributed by atoms with Crippen LogP contribution in [0, 0.1) is 25.2 Å². The van der Waals surface area contributed by atoms with Crippen LogP contribution in [0.1, 0.15) is 47.1 Å². The molecule has 198 valence electrons. The molecule has 0 bridgehead atoms. The van der Waals surface area contributed by atoms with Crippen LogP contribution in [0.2, 0.25) is 0 Å². The molecule has 2 fully saturated rings. The highest BCUT2D eigenvalue weighted by atomic mass is 16.5. The van der Waals surface area contributed by atoms with Crippen molar-refractivity contribution in [2.45, 2.75) is 46.7 Å². The number of piperidine rings is 1. The molecule has 0 radical (unpaired) electrons. The number of H-pyrrole nitrogens is 1. The number of aromatic amines is 1. The summed E-state index contributed by atoms with van der Waals surface area (Å²) in [5.74, 6) is 0.869. The van der Waals surface area contributed by atoms with Gasteiger partial charge < -0.3 is 29.2 Å². The summed E-state index contributed by atoms with van der Waals surface area (Å²) in [7, 11) is 1.53. The second-order valence-corrected chi connectivity index (χ2v) is 11.1. The summed E-state index contributed by atoms with van der Waals surface area (Å²) in [6.45, 7) is 12.2. The Morgan fingerprint density at radius 1 is 1.22 bits per heavy atom. The summed E-state index contributed by atoms with van der Waals surface area (Å²) in [4.78, 5) is 31.3. The lowest BCUT2D eigenvalue weighted by molar-refractivity contribution is -0.117. The number of nitrogens with zero attached hydrogens (tertiary/aromatic N) is 2. The normalized spacial score (nSPS) is 18.1. The van der Waals surface area contributed by atoms with Crippen molar-refractivity contribution in [1.82, 2.24) is 19.8 Å². The summed E-state index contributed by atoms with van der Waals surface area (Å²) >= 11 is 0. The molecule has 8 nitrogen and oxygen atoms in total. The summed E-state index contributed by atoms with van der Waals surface area (Å²) in [6.07, 6.45) is 2.31. The lowest BCUT2D eigenvalue weighted by atomic mass is 9.86. The molecular weight excluding hydrogens is 468 g/mol. The molecule has 0 aliphatic carbocycles.